The maximum atomic E-state index is 12.1. The van der Waals surface area contributed by atoms with E-state index in [1.165, 1.54) is 0 Å². The van der Waals surface area contributed by atoms with Gasteiger partial charge in [-0.1, -0.05) is 32.1 Å². The van der Waals surface area contributed by atoms with Crippen molar-refractivity contribution in [2.24, 2.45) is 5.41 Å². The number of nitrogens with zero attached hydrogens (tertiary/aromatic N) is 2. The smallest absolute Gasteiger partial charge is 0.170 e. The third-order valence-corrected chi connectivity index (χ3v) is 2.28. The fourth-order valence-corrected chi connectivity index (χ4v) is 1.46. The Balaban J connectivity index is 2.62. The number of aromatic nitrogens is 3. The molecule has 0 aliphatic carbocycles. The molecule has 0 unspecified atom stereocenters. The van der Waals surface area contributed by atoms with Crippen molar-refractivity contribution in [3.63, 3.8) is 0 Å². The number of benzene rings is 1. The molecule has 1 aromatic heterocycles. The van der Waals surface area contributed by atoms with E-state index in [-0.39, 0.29) is 5.78 Å². The molecule has 15 heavy (non-hydrogen) atoms. The van der Waals surface area contributed by atoms with Gasteiger partial charge >= 0.3 is 0 Å². The fourth-order valence-electron chi connectivity index (χ4n) is 1.46. The molecule has 0 aliphatic rings. The highest BCUT2D eigenvalue weighted by atomic mass is 16.1. The van der Waals surface area contributed by atoms with Gasteiger partial charge in [0.1, 0.15) is 5.52 Å². The second-order valence-electron chi connectivity index (χ2n) is 4.59. The standard InChI is InChI=1S/C11H13N3O/c1-11(2,3)10(15)7-5-4-6-8-9(7)13-14-12-8/h4-6H,1-3H3,(H,12,13,14). The summed E-state index contributed by atoms with van der Waals surface area (Å²) in [6.45, 7) is 5.69. The first-order valence-corrected chi connectivity index (χ1v) is 4.85. The van der Waals surface area contributed by atoms with Crippen LogP contribution in [-0.4, -0.2) is 21.2 Å². The van der Waals surface area contributed by atoms with E-state index < -0.39 is 5.41 Å². The number of hydrogen-bond donors (Lipinski definition) is 1. The number of nitrogens with one attached hydrogen (secondary N) is 1. The molecule has 0 bridgehead atoms. The van der Waals surface area contributed by atoms with Crippen molar-refractivity contribution < 1.29 is 4.79 Å². The Kier molecular flexibility index (Phi) is 2.07. The van der Waals surface area contributed by atoms with Crippen molar-refractivity contribution in [1.29, 1.82) is 0 Å². The van der Waals surface area contributed by atoms with E-state index in [2.05, 4.69) is 15.4 Å². The van der Waals surface area contributed by atoms with Gasteiger partial charge in [-0.15, -0.1) is 5.10 Å². The highest BCUT2D eigenvalue weighted by molar-refractivity contribution is 6.08. The summed E-state index contributed by atoms with van der Waals surface area (Å²) in [4.78, 5) is 12.1. The molecule has 0 atom stereocenters. The molecule has 0 saturated carbocycles. The summed E-state index contributed by atoms with van der Waals surface area (Å²) < 4.78 is 0. The molecule has 0 saturated heterocycles. The molecule has 1 heterocycles. The average molecular weight is 203 g/mol. The van der Waals surface area contributed by atoms with Crippen LogP contribution in [0, 0.1) is 5.41 Å². The lowest BCUT2D eigenvalue weighted by atomic mass is 9.86. The topological polar surface area (TPSA) is 58.6 Å². The lowest BCUT2D eigenvalue weighted by molar-refractivity contribution is 0.0860. The van der Waals surface area contributed by atoms with E-state index in [1.54, 1.807) is 6.07 Å². The van der Waals surface area contributed by atoms with Crippen LogP contribution >= 0.6 is 0 Å². The van der Waals surface area contributed by atoms with Crippen molar-refractivity contribution in [2.45, 2.75) is 20.8 Å². The Bertz CT molecular complexity index is 508. The van der Waals surface area contributed by atoms with Gasteiger partial charge in [0, 0.05) is 11.0 Å². The molecule has 0 amide bonds. The minimum Gasteiger partial charge on any atom is -0.294 e. The summed E-state index contributed by atoms with van der Waals surface area (Å²) in [5.74, 6) is 0.0852. The third kappa shape index (κ3) is 1.63. The fraction of sp³-hybridized carbons (Fsp3) is 0.364. The van der Waals surface area contributed by atoms with Gasteiger partial charge in [-0.3, -0.25) is 9.89 Å². The van der Waals surface area contributed by atoms with Crippen LogP contribution in [0.1, 0.15) is 31.1 Å². The Morgan fingerprint density at radius 2 is 2.07 bits per heavy atom. The number of rotatable bonds is 1. The molecule has 0 aliphatic heterocycles. The highest BCUT2D eigenvalue weighted by Crippen LogP contribution is 2.24. The molecule has 4 heteroatoms. The van der Waals surface area contributed by atoms with E-state index in [1.807, 2.05) is 32.9 Å². The molecule has 2 rings (SSSR count). The van der Waals surface area contributed by atoms with Crippen molar-refractivity contribution in [1.82, 2.24) is 15.4 Å². The molecule has 0 radical (unpaired) electrons. The number of Topliss-reactive ketones (excluding diaryl/α,β-unsaturated/α-hetero) is 1. The van der Waals surface area contributed by atoms with Gasteiger partial charge in [-0.25, -0.2) is 0 Å². The summed E-state index contributed by atoms with van der Waals surface area (Å²) in [6, 6.07) is 5.48. The number of ketones is 1. The van der Waals surface area contributed by atoms with E-state index in [4.69, 9.17) is 0 Å². The molecule has 0 spiro atoms. The van der Waals surface area contributed by atoms with E-state index in [9.17, 15) is 4.79 Å². The van der Waals surface area contributed by atoms with Crippen LogP contribution in [0.15, 0.2) is 18.2 Å². The summed E-state index contributed by atoms with van der Waals surface area (Å²) in [5.41, 5.74) is 1.68. The predicted octanol–water partition coefficient (Wildman–Crippen LogP) is 2.19. The van der Waals surface area contributed by atoms with Gasteiger partial charge in [-0.2, -0.15) is 0 Å². The van der Waals surface area contributed by atoms with Crippen LogP contribution in [-0.2, 0) is 0 Å². The summed E-state index contributed by atoms with van der Waals surface area (Å²) in [7, 11) is 0. The third-order valence-electron chi connectivity index (χ3n) is 2.28. The second kappa shape index (κ2) is 3.15. The molecule has 2 aromatic rings. The number of fused-ring (bicyclic) bond motifs is 1. The van der Waals surface area contributed by atoms with Gasteiger partial charge in [0.05, 0.1) is 5.52 Å². The predicted molar refractivity (Wildman–Crippen MR) is 57.7 cm³/mol. The molecule has 4 nitrogen and oxygen atoms in total. The highest BCUT2D eigenvalue weighted by Gasteiger charge is 2.25. The number of H-pyrrole nitrogens is 1. The number of aromatic amines is 1. The minimum atomic E-state index is -0.396. The van der Waals surface area contributed by atoms with Crippen molar-refractivity contribution in [3.05, 3.63) is 23.8 Å². The van der Waals surface area contributed by atoms with E-state index >= 15 is 0 Å². The maximum absolute atomic E-state index is 12.1. The molecule has 0 fully saturated rings. The average Bonchev–Trinajstić information content (AvgIpc) is 2.62. The van der Waals surface area contributed by atoms with Crippen LogP contribution in [0.4, 0.5) is 0 Å². The van der Waals surface area contributed by atoms with Crippen LogP contribution in [0.2, 0.25) is 0 Å². The lowest BCUT2D eigenvalue weighted by Crippen LogP contribution is -2.20. The summed E-state index contributed by atoms with van der Waals surface area (Å²) in [6.07, 6.45) is 0. The molecule has 1 aromatic carbocycles. The minimum absolute atomic E-state index is 0.0852. The van der Waals surface area contributed by atoms with Gasteiger partial charge in [0.15, 0.2) is 5.78 Å². The molecular formula is C11H13N3O. The molecule has 1 N–H and O–H groups in total. The summed E-state index contributed by atoms with van der Waals surface area (Å²) >= 11 is 0. The zero-order valence-corrected chi connectivity index (χ0v) is 9.03. The molecule has 78 valence electrons. The van der Waals surface area contributed by atoms with Gasteiger partial charge < -0.3 is 0 Å². The maximum Gasteiger partial charge on any atom is 0.170 e. The zero-order chi connectivity index (χ0) is 11.1. The Labute approximate surface area is 87.7 Å². The first kappa shape index (κ1) is 9.83. The van der Waals surface area contributed by atoms with Gasteiger partial charge in [0.2, 0.25) is 0 Å². The van der Waals surface area contributed by atoms with Crippen molar-refractivity contribution in [3.8, 4) is 0 Å². The van der Waals surface area contributed by atoms with Crippen LogP contribution in [0.5, 0.6) is 0 Å². The van der Waals surface area contributed by atoms with Crippen molar-refractivity contribution >= 4 is 16.8 Å². The normalized spacial score (nSPS) is 11.9. The second-order valence-corrected chi connectivity index (χ2v) is 4.59. The largest absolute Gasteiger partial charge is 0.294 e. The first-order chi connectivity index (χ1) is 7.00. The van der Waals surface area contributed by atoms with Crippen LogP contribution in [0.3, 0.4) is 0 Å². The zero-order valence-electron chi connectivity index (χ0n) is 9.03. The molecular weight excluding hydrogens is 190 g/mol. The Hall–Kier alpha value is -1.71. The van der Waals surface area contributed by atoms with Crippen LogP contribution in [0.25, 0.3) is 11.0 Å². The lowest BCUT2D eigenvalue weighted by Gasteiger charge is -2.16. The quantitative estimate of drug-likeness (QED) is 0.723. The Morgan fingerprint density at radius 1 is 1.33 bits per heavy atom. The van der Waals surface area contributed by atoms with Crippen LogP contribution < -0.4 is 0 Å². The van der Waals surface area contributed by atoms with Gasteiger partial charge in [0.25, 0.3) is 0 Å². The van der Waals surface area contributed by atoms with E-state index in [0.29, 0.717) is 11.1 Å². The SMILES string of the molecule is CC(C)(C)C(=O)c1cccc2[nH]nnc12. The summed E-state index contributed by atoms with van der Waals surface area (Å²) in [5, 5.41) is 10.4. The first-order valence-electron chi connectivity index (χ1n) is 4.85. The van der Waals surface area contributed by atoms with Gasteiger partial charge in [-0.05, 0) is 12.1 Å². The van der Waals surface area contributed by atoms with E-state index in [0.717, 1.165) is 5.52 Å². The van der Waals surface area contributed by atoms with Crippen molar-refractivity contribution in [2.75, 3.05) is 0 Å². The number of carbonyl (C=O) groups is 1. The number of carbonyl (C=O) groups excluding carboxylic acids is 1. The Morgan fingerprint density at radius 3 is 2.73 bits per heavy atom. The number of hydrogen-bond acceptors (Lipinski definition) is 3. The monoisotopic (exact) mass is 203 g/mol.